The summed E-state index contributed by atoms with van der Waals surface area (Å²) in [7, 11) is 0. The minimum Gasteiger partial charge on any atom is -0.462 e. The first kappa shape index (κ1) is 19.5. The van der Waals surface area contributed by atoms with Gasteiger partial charge in [0, 0.05) is 12.3 Å². The van der Waals surface area contributed by atoms with Gasteiger partial charge in [-0.3, -0.25) is 4.79 Å². The molecule has 0 spiro atoms. The van der Waals surface area contributed by atoms with Crippen molar-refractivity contribution in [3.8, 4) is 0 Å². The minimum absolute atomic E-state index is 0.0352. The topological polar surface area (TPSA) is 26.3 Å². The molecule has 2 nitrogen and oxygen atoms in total. The fourth-order valence-electron chi connectivity index (χ4n) is 4.46. The van der Waals surface area contributed by atoms with E-state index in [2.05, 4.69) is 19.1 Å². The number of allylic oxidation sites excluding steroid dienone is 2. The monoisotopic (exact) mass is 334 g/mol. The molecule has 138 valence electrons. The van der Waals surface area contributed by atoms with Gasteiger partial charge in [-0.25, -0.2) is 0 Å². The van der Waals surface area contributed by atoms with Crippen molar-refractivity contribution in [3.05, 3.63) is 12.2 Å². The molecule has 24 heavy (non-hydrogen) atoms. The van der Waals surface area contributed by atoms with Gasteiger partial charge in [-0.05, 0) is 38.0 Å². The average Bonchev–Trinajstić information content (AvgIpc) is 2.95. The molecule has 3 unspecified atom stereocenters. The summed E-state index contributed by atoms with van der Waals surface area (Å²) in [6.07, 6.45) is 23.3. The Labute approximate surface area is 149 Å². The summed E-state index contributed by atoms with van der Waals surface area (Å²) < 4.78 is 5.79. The first-order chi connectivity index (χ1) is 11.8. The van der Waals surface area contributed by atoms with Crippen LogP contribution in [0.3, 0.4) is 0 Å². The van der Waals surface area contributed by atoms with Gasteiger partial charge in [0.05, 0.1) is 0 Å². The smallest absolute Gasteiger partial charge is 0.306 e. The molecule has 0 saturated heterocycles. The summed E-state index contributed by atoms with van der Waals surface area (Å²) in [4.78, 5) is 11.9. The number of esters is 1. The molecular formula is C22H38O2. The summed E-state index contributed by atoms with van der Waals surface area (Å²) in [5.41, 5.74) is 0. The molecule has 0 aromatic carbocycles. The molecular weight excluding hydrogens is 296 g/mol. The van der Waals surface area contributed by atoms with E-state index in [1.807, 2.05) is 0 Å². The number of hydrogen-bond donors (Lipinski definition) is 0. The Hall–Kier alpha value is -0.790. The van der Waals surface area contributed by atoms with Crippen LogP contribution in [0.5, 0.6) is 0 Å². The number of hydrogen-bond acceptors (Lipinski definition) is 2. The van der Waals surface area contributed by atoms with Gasteiger partial charge in [0.2, 0.25) is 0 Å². The third-order valence-electron chi connectivity index (χ3n) is 5.94. The lowest BCUT2D eigenvalue weighted by molar-refractivity contribution is -0.151. The Morgan fingerprint density at radius 3 is 2.54 bits per heavy atom. The Morgan fingerprint density at radius 1 is 1.00 bits per heavy atom. The summed E-state index contributed by atoms with van der Waals surface area (Å²) >= 11 is 0. The normalized spacial score (nSPS) is 29.0. The lowest BCUT2D eigenvalue weighted by Gasteiger charge is -2.24. The van der Waals surface area contributed by atoms with E-state index in [1.54, 1.807) is 0 Å². The zero-order chi connectivity index (χ0) is 17.0. The van der Waals surface area contributed by atoms with Crippen LogP contribution in [0.15, 0.2) is 12.2 Å². The standard InChI is InChI=1S/C22H38O2/c1-2-3-4-5-6-7-8-11-14-19-17-18-21-20(19)15-12-9-10-13-16-22(23)24-21/h9,12,19-21H,2-8,10-11,13-18H2,1H3/b12-9-. The number of rotatable bonds is 9. The van der Waals surface area contributed by atoms with Gasteiger partial charge in [-0.2, -0.15) is 0 Å². The molecule has 1 aliphatic carbocycles. The molecule has 1 heterocycles. The molecule has 1 saturated carbocycles. The molecule has 0 amide bonds. The first-order valence-corrected chi connectivity index (χ1v) is 10.7. The van der Waals surface area contributed by atoms with E-state index in [0.717, 1.165) is 31.6 Å². The quantitative estimate of drug-likeness (QED) is 0.270. The van der Waals surface area contributed by atoms with Crippen molar-refractivity contribution in [2.45, 2.75) is 109 Å². The van der Waals surface area contributed by atoms with Crippen LogP contribution in [0.2, 0.25) is 0 Å². The van der Waals surface area contributed by atoms with Gasteiger partial charge in [-0.1, -0.05) is 76.9 Å². The van der Waals surface area contributed by atoms with Crippen LogP contribution in [-0.4, -0.2) is 12.1 Å². The largest absolute Gasteiger partial charge is 0.462 e. The van der Waals surface area contributed by atoms with Crippen molar-refractivity contribution >= 4 is 5.97 Å². The van der Waals surface area contributed by atoms with Crippen LogP contribution >= 0.6 is 0 Å². The lowest BCUT2D eigenvalue weighted by Crippen LogP contribution is -2.25. The van der Waals surface area contributed by atoms with Gasteiger partial charge in [0.15, 0.2) is 0 Å². The second-order valence-electron chi connectivity index (χ2n) is 7.89. The maximum atomic E-state index is 11.9. The highest BCUT2D eigenvalue weighted by Gasteiger charge is 2.37. The third kappa shape index (κ3) is 6.99. The van der Waals surface area contributed by atoms with Crippen molar-refractivity contribution in [1.82, 2.24) is 0 Å². The summed E-state index contributed by atoms with van der Waals surface area (Å²) in [6.45, 7) is 2.28. The van der Waals surface area contributed by atoms with Crippen molar-refractivity contribution in [3.63, 3.8) is 0 Å². The van der Waals surface area contributed by atoms with Crippen LogP contribution in [0.1, 0.15) is 103 Å². The van der Waals surface area contributed by atoms with Gasteiger partial charge in [-0.15, -0.1) is 0 Å². The third-order valence-corrected chi connectivity index (χ3v) is 5.94. The maximum Gasteiger partial charge on any atom is 0.306 e. The highest BCUT2D eigenvalue weighted by Crippen LogP contribution is 2.40. The van der Waals surface area contributed by atoms with Crippen molar-refractivity contribution in [2.24, 2.45) is 11.8 Å². The second-order valence-corrected chi connectivity index (χ2v) is 7.89. The van der Waals surface area contributed by atoms with Gasteiger partial charge in [0.1, 0.15) is 6.10 Å². The molecule has 2 heteroatoms. The Balaban J connectivity index is 1.67. The highest BCUT2D eigenvalue weighted by molar-refractivity contribution is 5.69. The van der Waals surface area contributed by atoms with Gasteiger partial charge >= 0.3 is 5.97 Å². The zero-order valence-electron chi connectivity index (χ0n) is 15.8. The van der Waals surface area contributed by atoms with E-state index in [1.165, 1.54) is 64.2 Å². The average molecular weight is 335 g/mol. The van der Waals surface area contributed by atoms with Crippen LogP contribution in [-0.2, 0) is 9.53 Å². The molecule has 0 aromatic heterocycles. The van der Waals surface area contributed by atoms with E-state index in [0.29, 0.717) is 12.3 Å². The molecule has 1 fully saturated rings. The van der Waals surface area contributed by atoms with Crippen molar-refractivity contribution < 1.29 is 9.53 Å². The van der Waals surface area contributed by atoms with E-state index >= 15 is 0 Å². The molecule has 2 rings (SSSR count). The number of ether oxygens (including phenoxy) is 1. The molecule has 0 N–H and O–H groups in total. The highest BCUT2D eigenvalue weighted by atomic mass is 16.5. The second kappa shape index (κ2) is 11.7. The summed E-state index contributed by atoms with van der Waals surface area (Å²) in [6, 6.07) is 0. The van der Waals surface area contributed by atoms with Gasteiger partial charge in [0.25, 0.3) is 0 Å². The summed E-state index contributed by atoms with van der Waals surface area (Å²) in [5, 5.41) is 0. The minimum atomic E-state index is 0.0352. The molecule has 2 aliphatic rings. The van der Waals surface area contributed by atoms with Crippen molar-refractivity contribution in [2.75, 3.05) is 0 Å². The number of carbonyl (C=O) groups excluding carboxylic acids is 1. The molecule has 3 atom stereocenters. The molecule has 1 aliphatic heterocycles. The summed E-state index contributed by atoms with van der Waals surface area (Å²) in [5.74, 6) is 1.38. The maximum absolute atomic E-state index is 11.9. The fourth-order valence-corrected chi connectivity index (χ4v) is 4.46. The molecule has 0 radical (unpaired) electrons. The Bertz CT molecular complexity index is 374. The number of carbonyl (C=O) groups is 1. The zero-order valence-corrected chi connectivity index (χ0v) is 15.8. The lowest BCUT2D eigenvalue weighted by atomic mass is 9.87. The van der Waals surface area contributed by atoms with E-state index in [-0.39, 0.29) is 12.1 Å². The van der Waals surface area contributed by atoms with Gasteiger partial charge < -0.3 is 4.74 Å². The Morgan fingerprint density at radius 2 is 1.75 bits per heavy atom. The first-order valence-electron chi connectivity index (χ1n) is 10.7. The number of unbranched alkanes of at least 4 members (excludes halogenated alkanes) is 7. The van der Waals surface area contributed by atoms with Crippen LogP contribution < -0.4 is 0 Å². The van der Waals surface area contributed by atoms with E-state index in [9.17, 15) is 4.79 Å². The van der Waals surface area contributed by atoms with Crippen LogP contribution in [0.4, 0.5) is 0 Å². The molecule has 0 aromatic rings. The van der Waals surface area contributed by atoms with Crippen LogP contribution in [0.25, 0.3) is 0 Å². The van der Waals surface area contributed by atoms with E-state index in [4.69, 9.17) is 4.74 Å². The SMILES string of the molecule is CCCCCCCCCCC1CCC2OC(=O)CCC/C=C\CC12. The van der Waals surface area contributed by atoms with Crippen LogP contribution in [0, 0.1) is 11.8 Å². The van der Waals surface area contributed by atoms with E-state index < -0.39 is 0 Å². The fraction of sp³-hybridized carbons (Fsp3) is 0.864. The predicted octanol–water partition coefficient (Wildman–Crippen LogP) is 6.59. The number of fused-ring (bicyclic) bond motifs is 1. The Kier molecular flexibility index (Phi) is 9.53. The predicted molar refractivity (Wildman–Crippen MR) is 101 cm³/mol. The molecule has 0 bridgehead atoms. The van der Waals surface area contributed by atoms with Crippen molar-refractivity contribution in [1.29, 1.82) is 0 Å².